The molecule has 0 aliphatic carbocycles. The molecule has 8 rings (SSSR count). The van der Waals surface area contributed by atoms with Crippen LogP contribution >= 0.6 is 0 Å². The van der Waals surface area contributed by atoms with Crippen molar-refractivity contribution in [2.24, 2.45) is 0 Å². The summed E-state index contributed by atoms with van der Waals surface area (Å²) in [5.74, 6) is -107. The molecule has 47 heteroatoms. The number of hydrogen-bond acceptors (Lipinski definition) is 3. The molecule has 0 saturated carbocycles. The second kappa shape index (κ2) is 44.4. The zero-order valence-corrected chi connectivity index (χ0v) is 60.8. The van der Waals surface area contributed by atoms with E-state index in [1.807, 2.05) is 0 Å². The normalized spacial score (nSPS) is 10.6. The van der Waals surface area contributed by atoms with E-state index in [0.29, 0.717) is 0 Å². The van der Waals surface area contributed by atoms with Crippen molar-refractivity contribution in [1.82, 2.24) is 0 Å². The third-order valence-electron chi connectivity index (χ3n) is 15.2. The van der Waals surface area contributed by atoms with E-state index in [1.54, 1.807) is 0 Å². The summed E-state index contributed by atoms with van der Waals surface area (Å²) in [6, 6.07) is 13.1. The summed E-state index contributed by atoms with van der Waals surface area (Å²) in [6.45, 7) is 20.8. The molecule has 0 aromatic heterocycles. The Bertz CT molecular complexity index is 3620. The van der Waals surface area contributed by atoms with Crippen LogP contribution in [-0.4, -0.2) is 33.7 Å². The summed E-state index contributed by atoms with van der Waals surface area (Å²) in [6.07, 6.45) is 0. The molecule has 622 valence electrons. The first-order valence-corrected chi connectivity index (χ1v) is 37.2. The average molecular weight is 1740 g/mol. The van der Waals surface area contributed by atoms with Gasteiger partial charge in [-0.2, -0.15) is 0 Å². The average Bonchev–Trinajstić information content (AvgIpc) is 0.769. The van der Waals surface area contributed by atoms with Crippen LogP contribution in [0.25, 0.3) is 44.5 Å². The Morgan fingerprint density at radius 3 is 0.212 bits per heavy atom. The Hall–Kier alpha value is -8.44. The van der Waals surface area contributed by atoms with Gasteiger partial charge in [-0.25, -0.2) is 176 Å². The lowest BCUT2D eigenvalue weighted by atomic mass is 10.0. The SMILES string of the molecule is CC[Si+](CC)CC.CC[Si+](CC)CC.CC[Si+](CC)CC.Fc1c(F)c(F)c(-c2c(F)c(F)c(F)c(F)c2F)c(F)c1F.Fc1c(F)c(F)c(-c2c(F)c(F)c(F)c(F)c2F)c(F)c1F.Fc1c(F)c(F)c(-c2c(F)c(F)c(F)c(F)c2F)c(F)c1F.Fc1c(F)c(F)c(-c2c(F)c(F)c(F)c(F)c2F)c(F)c1F.[O-]B([O-])[O-]. The van der Waals surface area contributed by atoms with Crippen LogP contribution in [0.1, 0.15) is 62.3 Å². The van der Waals surface area contributed by atoms with Crippen molar-refractivity contribution in [3.63, 3.8) is 0 Å². The lowest BCUT2D eigenvalue weighted by Crippen LogP contribution is -2.56. The largest absolute Gasteiger partial charge is 0.907 e. The molecule has 0 saturated heterocycles. The van der Waals surface area contributed by atoms with Gasteiger partial charge in [0.15, 0.2) is 186 Å². The zero-order valence-electron chi connectivity index (χ0n) is 57.8. The van der Waals surface area contributed by atoms with Gasteiger partial charge in [0.2, 0.25) is 46.5 Å². The number of halogens is 40. The Morgan fingerprint density at radius 2 is 0.177 bits per heavy atom. The summed E-state index contributed by atoms with van der Waals surface area (Å²) in [5.41, 5.74) is -18.1. The zero-order chi connectivity index (χ0) is 88.4. The summed E-state index contributed by atoms with van der Waals surface area (Å²) in [5, 5.41) is 25.2. The highest BCUT2D eigenvalue weighted by molar-refractivity contribution is 6.59. The molecule has 0 bridgehead atoms. The molecule has 0 spiro atoms. The number of hydrogen-bond donors (Lipinski definition) is 0. The molecular weight excluding hydrogens is 1700 g/mol. The molecule has 0 aliphatic rings. The van der Waals surface area contributed by atoms with E-state index in [2.05, 4.69) is 62.3 Å². The standard InChI is InChI=1S/4C12F10.3C6H15Si.BO3/c4*13-3-1(4(14)8(18)11(21)7(3)17)2-5(15)9(19)12(22)10(20)6(2)16;3*1-4-7(5-2)6-3;2-1(3)4/h;;;;3*4-6H2,1-3H3;/q;;;;3*+1;-3. The number of benzene rings is 8. The lowest BCUT2D eigenvalue weighted by Gasteiger charge is -2.35. The molecule has 8 aromatic rings. The molecule has 113 heavy (non-hydrogen) atoms. The van der Waals surface area contributed by atoms with Crippen molar-refractivity contribution in [3.05, 3.63) is 233 Å². The predicted molar refractivity (Wildman–Crippen MR) is 323 cm³/mol. The van der Waals surface area contributed by atoms with Crippen LogP contribution in [-0.2, 0) is 0 Å². The first-order valence-electron chi connectivity index (χ1n) is 30.8. The van der Waals surface area contributed by atoms with Crippen LogP contribution in [0.5, 0.6) is 0 Å². The van der Waals surface area contributed by atoms with Crippen LogP contribution in [0.4, 0.5) is 176 Å². The van der Waals surface area contributed by atoms with Crippen LogP contribution in [0.15, 0.2) is 0 Å². The fourth-order valence-corrected chi connectivity index (χ4v) is 13.3. The molecule has 0 fully saturated rings. The Kier molecular flexibility index (Phi) is 40.3. The summed E-state index contributed by atoms with van der Waals surface area (Å²) < 4.78 is 525. The van der Waals surface area contributed by atoms with Crippen LogP contribution in [0.2, 0.25) is 54.4 Å². The van der Waals surface area contributed by atoms with Gasteiger partial charge < -0.3 is 15.1 Å². The first kappa shape index (κ1) is 103. The fraction of sp³-hybridized carbons (Fsp3) is 0.273. The van der Waals surface area contributed by atoms with Gasteiger partial charge in [0.1, 0.15) is 0 Å². The fourth-order valence-electron chi connectivity index (χ4n) is 8.85. The van der Waals surface area contributed by atoms with Crippen molar-refractivity contribution in [1.29, 1.82) is 0 Å². The van der Waals surface area contributed by atoms with Gasteiger partial charge in [-0.15, -0.1) is 0 Å². The van der Waals surface area contributed by atoms with Gasteiger partial charge in [0, 0.05) is 0 Å². The van der Waals surface area contributed by atoms with Crippen molar-refractivity contribution in [2.75, 3.05) is 0 Å². The smallest absolute Gasteiger partial charge is 0.313 e. The Morgan fingerprint density at radius 1 is 0.133 bits per heavy atom. The molecule has 3 nitrogen and oxygen atoms in total. The molecule has 0 unspecified atom stereocenters. The number of rotatable bonds is 13. The van der Waals surface area contributed by atoms with E-state index in [-0.39, 0.29) is 26.4 Å². The van der Waals surface area contributed by atoms with Gasteiger partial charge in [-0.3, -0.25) is 7.32 Å². The quantitative estimate of drug-likeness (QED) is 0.0500. The highest BCUT2D eigenvalue weighted by Gasteiger charge is 2.40. The van der Waals surface area contributed by atoms with Crippen molar-refractivity contribution in [2.45, 2.75) is 117 Å². The topological polar surface area (TPSA) is 69.2 Å². The molecule has 0 heterocycles. The highest BCUT2D eigenvalue weighted by atomic mass is 28.3. The second-order valence-corrected chi connectivity index (χ2v) is 32.1. The van der Waals surface area contributed by atoms with Crippen molar-refractivity contribution >= 4 is 33.7 Å². The minimum absolute atomic E-state index is 0.137. The molecule has 0 amide bonds. The van der Waals surface area contributed by atoms with Gasteiger partial charge in [-0.1, -0.05) is 0 Å². The van der Waals surface area contributed by atoms with Gasteiger partial charge >= 0.3 is 26.4 Å². The van der Waals surface area contributed by atoms with Gasteiger partial charge in [-0.05, 0) is 62.3 Å². The minimum Gasteiger partial charge on any atom is -0.907 e. The third kappa shape index (κ3) is 22.6. The van der Waals surface area contributed by atoms with Crippen molar-refractivity contribution in [3.8, 4) is 44.5 Å². The summed E-state index contributed by atoms with van der Waals surface area (Å²) in [7, 11) is -2.50. The molecule has 0 radical (unpaired) electrons. The van der Waals surface area contributed by atoms with Crippen molar-refractivity contribution < 1.29 is 191 Å². The van der Waals surface area contributed by atoms with Gasteiger partial charge in [0.25, 0.3) is 0 Å². The maximum absolute atomic E-state index is 13.4. The van der Waals surface area contributed by atoms with Gasteiger partial charge in [0.05, 0.1) is 98.9 Å². The van der Waals surface area contributed by atoms with E-state index in [9.17, 15) is 176 Å². The Balaban J connectivity index is 0.000000683. The summed E-state index contributed by atoms with van der Waals surface area (Å²) >= 11 is 0. The van der Waals surface area contributed by atoms with E-state index >= 15 is 0 Å². The van der Waals surface area contributed by atoms with Crippen LogP contribution in [0.3, 0.4) is 0 Å². The third-order valence-corrected chi connectivity index (χ3v) is 24.2. The monoisotopic (exact) mass is 1740 g/mol. The highest BCUT2D eigenvalue weighted by Crippen LogP contribution is 2.43. The van der Waals surface area contributed by atoms with E-state index in [4.69, 9.17) is 15.1 Å². The van der Waals surface area contributed by atoms with Crippen LogP contribution in [0, 0.1) is 233 Å². The van der Waals surface area contributed by atoms with Crippen LogP contribution < -0.4 is 15.1 Å². The lowest BCUT2D eigenvalue weighted by molar-refractivity contribution is -0.479. The minimum atomic E-state index is -2.92. The maximum atomic E-state index is 13.4. The predicted octanol–water partition coefficient (Wildman–Crippen LogP) is 22.7. The molecule has 0 atom stereocenters. The van der Waals surface area contributed by atoms with E-state index < -0.39 is 285 Å². The first-order chi connectivity index (χ1) is 52.2. The maximum Gasteiger partial charge on any atom is 0.313 e. The second-order valence-electron chi connectivity index (χ2n) is 21.3. The molecule has 8 aromatic carbocycles. The molecule has 0 N–H and O–H groups in total. The Labute approximate surface area is 616 Å². The molecular formula is C66H45BF40O3Si3. The van der Waals surface area contributed by atoms with E-state index in [0.717, 1.165) is 0 Å². The van der Waals surface area contributed by atoms with E-state index in [1.165, 1.54) is 54.4 Å². The summed E-state index contributed by atoms with van der Waals surface area (Å²) in [4.78, 5) is 0. The molecule has 0 aliphatic heterocycles.